The predicted molar refractivity (Wildman–Crippen MR) is 129 cm³/mol. The molecular weight excluding hydrogens is 447 g/mol. The Balaban J connectivity index is 1.55. The zero-order valence-corrected chi connectivity index (χ0v) is 19.1. The average Bonchev–Trinajstić information content (AvgIpc) is 2.83. The first-order valence-corrected chi connectivity index (χ1v) is 11.9. The number of anilines is 6. The van der Waals surface area contributed by atoms with Crippen molar-refractivity contribution in [3.63, 3.8) is 0 Å². The normalized spacial score (nSPS) is 14.5. The highest BCUT2D eigenvalue weighted by molar-refractivity contribution is 7.92. The van der Waals surface area contributed by atoms with E-state index in [0.717, 1.165) is 25.0 Å². The molecule has 33 heavy (non-hydrogen) atoms. The quantitative estimate of drug-likeness (QED) is 0.424. The monoisotopic (exact) mass is 472 g/mol. The lowest BCUT2D eigenvalue weighted by Gasteiger charge is -2.29. The van der Waals surface area contributed by atoms with Crippen molar-refractivity contribution in [1.29, 1.82) is 0 Å². The first-order chi connectivity index (χ1) is 16.0. The van der Waals surface area contributed by atoms with Gasteiger partial charge in [-0.1, -0.05) is 12.1 Å². The number of benzene rings is 2. The molecule has 0 saturated carbocycles. The summed E-state index contributed by atoms with van der Waals surface area (Å²) in [5.41, 5.74) is 2.77. The molecule has 1 aromatic heterocycles. The third-order valence-corrected chi connectivity index (χ3v) is 5.49. The number of ether oxygens (including phenoxy) is 2. The van der Waals surface area contributed by atoms with Gasteiger partial charge in [-0.05, 0) is 24.3 Å². The summed E-state index contributed by atoms with van der Waals surface area (Å²) >= 11 is -1.28. The Morgan fingerprint density at radius 1 is 1.09 bits per heavy atom. The Morgan fingerprint density at radius 3 is 2.58 bits per heavy atom. The van der Waals surface area contributed by atoms with E-state index < -0.39 is 17.2 Å². The smallest absolute Gasteiger partial charge is 0.229 e. The molecule has 1 atom stereocenters. The van der Waals surface area contributed by atoms with Gasteiger partial charge in [0, 0.05) is 24.8 Å². The minimum Gasteiger partial charge on any atom is -0.593 e. The number of morpholine rings is 1. The molecule has 2 aromatic carbocycles. The summed E-state index contributed by atoms with van der Waals surface area (Å²) in [5, 5.41) is 6.03. The van der Waals surface area contributed by atoms with Crippen LogP contribution in [0.25, 0.3) is 0 Å². The van der Waals surface area contributed by atoms with Crippen molar-refractivity contribution >= 4 is 45.9 Å². The second-order valence-corrected chi connectivity index (χ2v) is 8.34. The van der Waals surface area contributed by atoms with Crippen LogP contribution in [0, 0.1) is 5.82 Å². The van der Waals surface area contributed by atoms with E-state index in [1.807, 2.05) is 18.2 Å². The SMILES string of the molecule is COc1cc(N2CCOCC2)ccc1Nc1ncc(F)c(Nc2ccccc2N[S+](C)[O-])n1. The van der Waals surface area contributed by atoms with Crippen LogP contribution in [-0.2, 0) is 16.1 Å². The Kier molecular flexibility index (Phi) is 7.33. The molecule has 1 aliphatic rings. The van der Waals surface area contributed by atoms with Crippen LogP contribution in [0.5, 0.6) is 5.75 Å². The third kappa shape index (κ3) is 5.75. The van der Waals surface area contributed by atoms with Crippen LogP contribution >= 0.6 is 0 Å². The van der Waals surface area contributed by atoms with Crippen molar-refractivity contribution in [1.82, 2.24) is 9.97 Å². The van der Waals surface area contributed by atoms with Crippen LogP contribution in [0.15, 0.2) is 48.7 Å². The van der Waals surface area contributed by atoms with Crippen molar-refractivity contribution in [2.24, 2.45) is 0 Å². The van der Waals surface area contributed by atoms with Gasteiger partial charge in [0.1, 0.15) is 17.7 Å². The molecule has 0 radical (unpaired) electrons. The van der Waals surface area contributed by atoms with Gasteiger partial charge in [-0.25, -0.2) is 14.1 Å². The minimum atomic E-state index is -1.28. The molecule has 3 N–H and O–H groups in total. The number of rotatable bonds is 8. The zero-order valence-electron chi connectivity index (χ0n) is 18.3. The largest absolute Gasteiger partial charge is 0.593 e. The van der Waals surface area contributed by atoms with Crippen molar-refractivity contribution in [3.05, 3.63) is 54.5 Å². The number of aromatic nitrogens is 2. The van der Waals surface area contributed by atoms with Crippen LogP contribution < -0.4 is 25.0 Å². The highest BCUT2D eigenvalue weighted by Crippen LogP contribution is 2.32. The summed E-state index contributed by atoms with van der Waals surface area (Å²) in [6, 6.07) is 12.8. The van der Waals surface area contributed by atoms with Crippen LogP contribution in [0.2, 0.25) is 0 Å². The number of methoxy groups -OCH3 is 1. The Morgan fingerprint density at radius 2 is 1.85 bits per heavy atom. The van der Waals surface area contributed by atoms with Gasteiger partial charge in [0.15, 0.2) is 11.6 Å². The van der Waals surface area contributed by atoms with Gasteiger partial charge in [-0.15, -0.1) is 0 Å². The fourth-order valence-electron chi connectivity index (χ4n) is 3.40. The molecule has 0 bridgehead atoms. The lowest BCUT2D eigenvalue weighted by Crippen LogP contribution is -2.36. The van der Waals surface area contributed by atoms with Gasteiger partial charge in [0.05, 0.1) is 49.3 Å². The van der Waals surface area contributed by atoms with Crippen LogP contribution in [0.4, 0.5) is 38.9 Å². The molecule has 174 valence electrons. The van der Waals surface area contributed by atoms with E-state index in [9.17, 15) is 8.94 Å². The van der Waals surface area contributed by atoms with Crippen molar-refractivity contribution in [2.75, 3.05) is 59.9 Å². The van der Waals surface area contributed by atoms with Gasteiger partial charge < -0.3 is 29.6 Å². The predicted octanol–water partition coefficient (Wildman–Crippen LogP) is 3.65. The molecule has 1 saturated heterocycles. The lowest BCUT2D eigenvalue weighted by molar-refractivity contribution is 0.122. The summed E-state index contributed by atoms with van der Waals surface area (Å²) in [5.74, 6) is 0.164. The van der Waals surface area contributed by atoms with Gasteiger partial charge in [0.2, 0.25) is 5.95 Å². The maximum atomic E-state index is 14.5. The van der Waals surface area contributed by atoms with E-state index in [0.29, 0.717) is 36.0 Å². The van der Waals surface area contributed by atoms with Crippen LogP contribution in [0.1, 0.15) is 0 Å². The summed E-state index contributed by atoms with van der Waals surface area (Å²) in [6.45, 7) is 3.00. The van der Waals surface area contributed by atoms with E-state index in [-0.39, 0.29) is 11.8 Å². The van der Waals surface area contributed by atoms with Crippen molar-refractivity contribution in [3.8, 4) is 5.75 Å². The summed E-state index contributed by atoms with van der Waals surface area (Å²) in [4.78, 5) is 10.5. The number of nitrogens with one attached hydrogen (secondary N) is 3. The molecule has 9 nitrogen and oxygen atoms in total. The van der Waals surface area contributed by atoms with E-state index in [1.54, 1.807) is 31.4 Å². The van der Waals surface area contributed by atoms with Crippen molar-refractivity contribution in [2.45, 2.75) is 0 Å². The van der Waals surface area contributed by atoms with E-state index in [1.165, 1.54) is 6.26 Å². The number of para-hydroxylation sites is 2. The average molecular weight is 473 g/mol. The van der Waals surface area contributed by atoms with E-state index in [4.69, 9.17) is 9.47 Å². The number of nitrogens with zero attached hydrogens (tertiary/aromatic N) is 3. The topological polar surface area (TPSA) is 107 Å². The molecule has 1 unspecified atom stereocenters. The second-order valence-electron chi connectivity index (χ2n) is 7.23. The van der Waals surface area contributed by atoms with Crippen LogP contribution in [0.3, 0.4) is 0 Å². The molecular formula is C22H25FN6O3S. The van der Waals surface area contributed by atoms with E-state index >= 15 is 0 Å². The van der Waals surface area contributed by atoms with Gasteiger partial charge >= 0.3 is 0 Å². The number of halogens is 1. The van der Waals surface area contributed by atoms with Crippen LogP contribution in [-0.4, -0.2) is 54.2 Å². The maximum Gasteiger partial charge on any atom is 0.229 e. The molecule has 1 fully saturated rings. The fraction of sp³-hybridized carbons (Fsp3) is 0.273. The van der Waals surface area contributed by atoms with Gasteiger partial charge in [-0.3, -0.25) is 0 Å². The molecule has 11 heteroatoms. The summed E-state index contributed by atoms with van der Waals surface area (Å²) in [7, 11) is 1.59. The fourth-order valence-corrected chi connectivity index (χ4v) is 3.89. The van der Waals surface area contributed by atoms with E-state index in [2.05, 4.69) is 30.2 Å². The highest BCUT2D eigenvalue weighted by Gasteiger charge is 2.16. The lowest BCUT2D eigenvalue weighted by atomic mass is 10.2. The summed E-state index contributed by atoms with van der Waals surface area (Å²) in [6.07, 6.45) is 2.60. The number of hydrogen-bond acceptors (Lipinski definition) is 9. The molecule has 0 aliphatic carbocycles. The Labute approximate surface area is 194 Å². The molecule has 0 amide bonds. The molecule has 1 aliphatic heterocycles. The third-order valence-electron chi connectivity index (χ3n) is 4.99. The van der Waals surface area contributed by atoms with Gasteiger partial charge in [-0.2, -0.15) is 4.98 Å². The summed E-state index contributed by atoms with van der Waals surface area (Å²) < 4.78 is 39.8. The highest BCUT2D eigenvalue weighted by atomic mass is 32.2. The Bertz CT molecular complexity index is 1100. The van der Waals surface area contributed by atoms with Gasteiger partial charge in [0.25, 0.3) is 0 Å². The number of hydrogen-bond donors (Lipinski definition) is 3. The minimum absolute atomic E-state index is 0.0208. The zero-order chi connectivity index (χ0) is 23.2. The second kappa shape index (κ2) is 10.6. The Hall–Kier alpha value is -3.28. The molecule has 0 spiro atoms. The first-order valence-electron chi connectivity index (χ1n) is 10.3. The first kappa shape index (κ1) is 22.9. The maximum absolute atomic E-state index is 14.5. The van der Waals surface area contributed by atoms with Crippen molar-refractivity contribution < 1.29 is 18.4 Å². The standard InChI is InChI=1S/C22H25FN6O3S/c1-31-20-13-15(29-9-11-32-12-10-29)7-8-19(20)26-22-24-14-16(23)21(27-22)25-17-5-3-4-6-18(17)28-33(2)30/h3-8,13-14,28H,9-12H2,1-2H3,(H2,24,25,26,27). The molecule has 2 heterocycles. The molecule has 4 rings (SSSR count). The molecule has 3 aromatic rings.